The van der Waals surface area contributed by atoms with Crippen molar-refractivity contribution in [1.29, 1.82) is 0 Å². The lowest BCUT2D eigenvalue weighted by molar-refractivity contribution is 0.102. The Morgan fingerprint density at radius 1 is 1.00 bits per heavy atom. The third kappa shape index (κ3) is 6.56. The van der Waals surface area contributed by atoms with Gasteiger partial charge in [0, 0.05) is 55.2 Å². The highest BCUT2D eigenvalue weighted by Gasteiger charge is 2.26. The van der Waals surface area contributed by atoms with E-state index >= 15 is 0 Å². The maximum absolute atomic E-state index is 12.7. The third-order valence-electron chi connectivity index (χ3n) is 5.92. The molecule has 7 nitrogen and oxygen atoms in total. The Hall–Kier alpha value is -2.42. The molecule has 0 aromatic heterocycles. The van der Waals surface area contributed by atoms with Gasteiger partial charge in [0.15, 0.2) is 0 Å². The van der Waals surface area contributed by atoms with Gasteiger partial charge >= 0.3 is 0 Å². The van der Waals surface area contributed by atoms with Gasteiger partial charge in [0.25, 0.3) is 5.91 Å². The van der Waals surface area contributed by atoms with Crippen LogP contribution in [0.3, 0.4) is 0 Å². The van der Waals surface area contributed by atoms with Crippen LogP contribution >= 0.6 is 0 Å². The fourth-order valence-electron chi connectivity index (χ4n) is 4.09. The quantitative estimate of drug-likeness (QED) is 0.647. The largest absolute Gasteiger partial charge is 0.369 e. The van der Waals surface area contributed by atoms with Crippen LogP contribution in [0.2, 0.25) is 0 Å². The molecular weight excluding hydrogens is 436 g/mol. The Kier molecular flexibility index (Phi) is 6.79. The first-order chi connectivity index (χ1) is 15.6. The molecule has 0 unspecified atom stereocenters. The van der Waals surface area contributed by atoms with E-state index in [4.69, 9.17) is 0 Å². The van der Waals surface area contributed by atoms with Crippen molar-refractivity contribution in [3.05, 3.63) is 54.1 Å². The van der Waals surface area contributed by atoms with E-state index in [9.17, 15) is 13.2 Å². The molecule has 0 bridgehead atoms. The number of benzene rings is 2. The molecule has 2 fully saturated rings. The van der Waals surface area contributed by atoms with Crippen LogP contribution in [-0.2, 0) is 10.0 Å². The van der Waals surface area contributed by atoms with Gasteiger partial charge in [-0.05, 0) is 82.0 Å². The Bertz CT molecular complexity index is 1080. The number of hydrogen-bond acceptors (Lipinski definition) is 5. The van der Waals surface area contributed by atoms with E-state index in [1.807, 2.05) is 18.2 Å². The van der Waals surface area contributed by atoms with Crippen LogP contribution in [0.1, 0.15) is 44.0 Å². The van der Waals surface area contributed by atoms with Gasteiger partial charge in [-0.1, -0.05) is 6.07 Å². The second-order valence-electron chi connectivity index (χ2n) is 10.1. The van der Waals surface area contributed by atoms with Crippen molar-refractivity contribution in [2.75, 3.05) is 42.9 Å². The van der Waals surface area contributed by atoms with Crippen molar-refractivity contribution in [3.63, 3.8) is 0 Å². The lowest BCUT2D eigenvalue weighted by atomic mass is 10.1. The topological polar surface area (TPSA) is 81.7 Å². The molecule has 33 heavy (non-hydrogen) atoms. The van der Waals surface area contributed by atoms with Crippen molar-refractivity contribution in [1.82, 2.24) is 9.62 Å². The predicted molar refractivity (Wildman–Crippen MR) is 132 cm³/mol. The number of carbonyl (C=O) groups excluding carboxylic acids is 1. The molecule has 2 N–H and O–H groups in total. The fourth-order valence-corrected chi connectivity index (χ4v) is 5.50. The normalized spacial score (nSPS) is 17.7. The van der Waals surface area contributed by atoms with E-state index in [-0.39, 0.29) is 10.8 Å². The van der Waals surface area contributed by atoms with E-state index in [0.717, 1.165) is 43.5 Å². The van der Waals surface area contributed by atoms with Crippen LogP contribution in [-0.4, -0.2) is 57.5 Å². The molecule has 2 aromatic rings. The highest BCUT2D eigenvalue weighted by atomic mass is 32.2. The second kappa shape index (κ2) is 9.44. The molecular formula is C25H34N4O3S. The third-order valence-corrected chi connectivity index (χ3v) is 7.70. The zero-order chi connectivity index (χ0) is 23.6. The Balaban J connectivity index is 1.37. The number of nitrogens with one attached hydrogen (secondary N) is 2. The minimum absolute atomic E-state index is 0.136. The number of carbonyl (C=O) groups is 1. The van der Waals surface area contributed by atoms with Crippen molar-refractivity contribution in [2.24, 2.45) is 5.92 Å². The number of anilines is 2. The zero-order valence-corrected chi connectivity index (χ0v) is 20.5. The summed E-state index contributed by atoms with van der Waals surface area (Å²) in [6, 6.07) is 13.9. The molecule has 1 amide bonds. The van der Waals surface area contributed by atoms with Crippen LogP contribution in [0.4, 0.5) is 11.4 Å². The first-order valence-corrected chi connectivity index (χ1v) is 13.1. The number of piperazine rings is 1. The number of rotatable bonds is 7. The smallest absolute Gasteiger partial charge is 0.255 e. The van der Waals surface area contributed by atoms with Gasteiger partial charge in [0.1, 0.15) is 0 Å². The summed E-state index contributed by atoms with van der Waals surface area (Å²) in [5, 5.41) is 2.94. The lowest BCUT2D eigenvalue weighted by Gasteiger charge is -2.36. The van der Waals surface area contributed by atoms with E-state index < -0.39 is 15.6 Å². The van der Waals surface area contributed by atoms with E-state index in [1.165, 1.54) is 43.7 Å². The molecule has 4 rings (SSSR count). The molecule has 0 atom stereocenters. The minimum atomic E-state index is -3.64. The first kappa shape index (κ1) is 23.7. The maximum atomic E-state index is 12.7. The standard InChI is InChI=1S/C25H34N4O3S/c1-25(2,3)27-33(31,32)23-11-9-20(10-12-23)24(30)26-21-5-4-6-22(17-21)29-15-13-28(14-16-29)18-19-7-8-19/h4-6,9-12,17,19,27H,7-8,13-16,18H2,1-3H3,(H,26,30). The summed E-state index contributed by atoms with van der Waals surface area (Å²) in [4.78, 5) is 17.8. The maximum Gasteiger partial charge on any atom is 0.255 e. The molecule has 2 aliphatic rings. The van der Waals surface area contributed by atoms with E-state index in [0.29, 0.717) is 5.56 Å². The number of amides is 1. The molecule has 178 valence electrons. The monoisotopic (exact) mass is 470 g/mol. The molecule has 1 aliphatic heterocycles. The van der Waals surface area contributed by atoms with Crippen molar-refractivity contribution < 1.29 is 13.2 Å². The Morgan fingerprint density at radius 2 is 1.67 bits per heavy atom. The number of sulfonamides is 1. The van der Waals surface area contributed by atoms with Crippen LogP contribution in [0, 0.1) is 5.92 Å². The van der Waals surface area contributed by atoms with Gasteiger partial charge in [-0.2, -0.15) is 0 Å². The second-order valence-corrected chi connectivity index (χ2v) is 11.8. The van der Waals surface area contributed by atoms with Gasteiger partial charge in [0.2, 0.25) is 10.0 Å². The zero-order valence-electron chi connectivity index (χ0n) is 19.7. The Morgan fingerprint density at radius 3 is 2.27 bits per heavy atom. The Labute approximate surface area is 197 Å². The van der Waals surface area contributed by atoms with Crippen LogP contribution < -0.4 is 14.9 Å². The van der Waals surface area contributed by atoms with Crippen molar-refractivity contribution >= 4 is 27.3 Å². The van der Waals surface area contributed by atoms with Crippen molar-refractivity contribution in [3.8, 4) is 0 Å². The van der Waals surface area contributed by atoms with Crippen LogP contribution in [0.5, 0.6) is 0 Å². The fraction of sp³-hybridized carbons (Fsp3) is 0.480. The van der Waals surface area contributed by atoms with Gasteiger partial charge in [-0.15, -0.1) is 0 Å². The average molecular weight is 471 g/mol. The molecule has 1 aliphatic carbocycles. The molecule has 8 heteroatoms. The van der Waals surface area contributed by atoms with E-state index in [1.54, 1.807) is 20.8 Å². The van der Waals surface area contributed by atoms with Crippen molar-refractivity contribution in [2.45, 2.75) is 44.0 Å². The number of hydrogen-bond donors (Lipinski definition) is 2. The summed E-state index contributed by atoms with van der Waals surface area (Å²) in [5.74, 6) is 0.646. The molecule has 1 saturated carbocycles. The van der Waals surface area contributed by atoms with Gasteiger partial charge in [-0.3, -0.25) is 9.69 Å². The molecule has 1 heterocycles. The average Bonchev–Trinajstić information content (AvgIpc) is 3.57. The molecule has 0 radical (unpaired) electrons. The summed E-state index contributed by atoms with van der Waals surface area (Å²) in [7, 11) is -3.64. The first-order valence-electron chi connectivity index (χ1n) is 11.6. The van der Waals surface area contributed by atoms with Crippen LogP contribution in [0.15, 0.2) is 53.4 Å². The SMILES string of the molecule is CC(C)(C)NS(=O)(=O)c1ccc(C(=O)Nc2cccc(N3CCN(CC4CC4)CC3)c2)cc1. The number of nitrogens with zero attached hydrogens (tertiary/aromatic N) is 2. The summed E-state index contributed by atoms with van der Waals surface area (Å²) < 4.78 is 27.5. The van der Waals surface area contributed by atoms with Gasteiger partial charge < -0.3 is 10.2 Å². The van der Waals surface area contributed by atoms with Gasteiger partial charge in [0.05, 0.1) is 4.90 Å². The highest BCUT2D eigenvalue weighted by molar-refractivity contribution is 7.89. The minimum Gasteiger partial charge on any atom is -0.369 e. The summed E-state index contributed by atoms with van der Waals surface area (Å²) in [6.07, 6.45) is 2.77. The van der Waals surface area contributed by atoms with Crippen LogP contribution in [0.25, 0.3) is 0 Å². The summed E-state index contributed by atoms with van der Waals surface area (Å²) in [6.45, 7) is 10.7. The highest BCUT2D eigenvalue weighted by Crippen LogP contribution is 2.30. The summed E-state index contributed by atoms with van der Waals surface area (Å²) in [5.41, 5.74) is 1.66. The molecule has 0 spiro atoms. The van der Waals surface area contributed by atoms with E-state index in [2.05, 4.69) is 25.9 Å². The lowest BCUT2D eigenvalue weighted by Crippen LogP contribution is -2.47. The molecule has 1 saturated heterocycles. The van der Waals surface area contributed by atoms with Gasteiger partial charge in [-0.25, -0.2) is 13.1 Å². The predicted octanol–water partition coefficient (Wildman–Crippen LogP) is 3.55. The summed E-state index contributed by atoms with van der Waals surface area (Å²) >= 11 is 0. The molecule has 2 aromatic carbocycles.